The number of thiophene rings is 1. The molecule has 0 saturated heterocycles. The van der Waals surface area contributed by atoms with Crippen LogP contribution in [0.15, 0.2) is 15.9 Å². The first-order chi connectivity index (χ1) is 7.41. The molecule has 0 fully saturated rings. The zero-order chi connectivity index (χ0) is 12.3. The number of nitrogens with two attached hydrogens (primary N) is 1. The summed E-state index contributed by atoms with van der Waals surface area (Å²) in [5, 5.41) is 8.82. The molecule has 0 amide bonds. The van der Waals surface area contributed by atoms with E-state index in [2.05, 4.69) is 15.9 Å². The second-order valence-corrected chi connectivity index (χ2v) is 6.30. The molecule has 0 saturated carbocycles. The summed E-state index contributed by atoms with van der Waals surface area (Å²) < 4.78 is 1.04. The van der Waals surface area contributed by atoms with Crippen LogP contribution in [-0.4, -0.2) is 36.1 Å². The summed E-state index contributed by atoms with van der Waals surface area (Å²) in [5.74, 6) is -0.956. The summed E-state index contributed by atoms with van der Waals surface area (Å²) in [5.41, 5.74) is 5.57. The van der Waals surface area contributed by atoms with E-state index in [0.29, 0.717) is 6.42 Å². The van der Waals surface area contributed by atoms with Gasteiger partial charge in [-0.15, -0.1) is 11.3 Å². The van der Waals surface area contributed by atoms with Crippen molar-refractivity contribution in [2.45, 2.75) is 18.5 Å². The lowest BCUT2D eigenvalue weighted by atomic mass is 10.1. The van der Waals surface area contributed by atoms with Crippen LogP contribution in [0.4, 0.5) is 0 Å². The van der Waals surface area contributed by atoms with E-state index in [0.717, 1.165) is 8.66 Å². The summed E-state index contributed by atoms with van der Waals surface area (Å²) in [6, 6.07) is 3.17. The molecule has 1 aromatic rings. The quantitative estimate of drug-likeness (QED) is 0.872. The first kappa shape index (κ1) is 13.6. The third-order valence-corrected chi connectivity index (χ3v) is 4.07. The molecular formula is C10H15BrN2O2S. The maximum Gasteiger partial charge on any atom is 0.320 e. The molecule has 1 heterocycles. The van der Waals surface area contributed by atoms with Gasteiger partial charge in [-0.1, -0.05) is 0 Å². The van der Waals surface area contributed by atoms with Gasteiger partial charge in [0.25, 0.3) is 0 Å². The number of aliphatic carboxylic acids is 1. The van der Waals surface area contributed by atoms with E-state index in [4.69, 9.17) is 10.8 Å². The van der Waals surface area contributed by atoms with Gasteiger partial charge in [-0.25, -0.2) is 0 Å². The number of carbonyl (C=O) groups is 1. The highest BCUT2D eigenvalue weighted by Gasteiger charge is 2.22. The summed E-state index contributed by atoms with van der Waals surface area (Å²) in [6.07, 6.45) is 0.412. The fraction of sp³-hybridized carbons (Fsp3) is 0.500. The second-order valence-electron chi connectivity index (χ2n) is 3.80. The number of rotatable bonds is 5. The van der Waals surface area contributed by atoms with E-state index in [1.54, 1.807) is 11.3 Å². The molecule has 2 atom stereocenters. The van der Waals surface area contributed by atoms with Crippen molar-refractivity contribution in [3.8, 4) is 0 Å². The number of carboxylic acid groups (broad SMARTS) is 1. The molecule has 0 aliphatic carbocycles. The van der Waals surface area contributed by atoms with E-state index >= 15 is 0 Å². The van der Waals surface area contributed by atoms with Gasteiger partial charge in [0, 0.05) is 10.9 Å². The highest BCUT2D eigenvalue weighted by Crippen LogP contribution is 2.32. The molecule has 0 spiro atoms. The van der Waals surface area contributed by atoms with Crippen LogP contribution in [0.3, 0.4) is 0 Å². The Bertz CT molecular complexity index is 367. The van der Waals surface area contributed by atoms with Crippen molar-refractivity contribution in [1.29, 1.82) is 0 Å². The Morgan fingerprint density at radius 1 is 1.62 bits per heavy atom. The van der Waals surface area contributed by atoms with Crippen LogP contribution in [0.2, 0.25) is 0 Å². The average Bonchev–Trinajstić information content (AvgIpc) is 2.59. The Balaban J connectivity index is 2.80. The zero-order valence-electron chi connectivity index (χ0n) is 9.18. The first-order valence-electron chi connectivity index (χ1n) is 4.82. The molecule has 90 valence electrons. The largest absolute Gasteiger partial charge is 0.480 e. The number of hydrogen-bond acceptors (Lipinski definition) is 4. The second kappa shape index (κ2) is 5.77. The first-order valence-corrected chi connectivity index (χ1v) is 6.42. The molecule has 0 aliphatic rings. The third kappa shape index (κ3) is 3.55. The highest BCUT2D eigenvalue weighted by atomic mass is 79.9. The van der Waals surface area contributed by atoms with Gasteiger partial charge in [0.1, 0.15) is 6.04 Å². The van der Waals surface area contributed by atoms with Gasteiger partial charge in [0.05, 0.1) is 3.79 Å². The van der Waals surface area contributed by atoms with Crippen LogP contribution in [0.5, 0.6) is 0 Å². The fourth-order valence-corrected chi connectivity index (χ4v) is 3.06. The predicted molar refractivity (Wildman–Crippen MR) is 68.7 cm³/mol. The molecule has 3 N–H and O–H groups in total. The summed E-state index contributed by atoms with van der Waals surface area (Å²) in [4.78, 5) is 13.9. The Labute approximate surface area is 107 Å². The van der Waals surface area contributed by atoms with Crippen molar-refractivity contribution in [3.63, 3.8) is 0 Å². The predicted octanol–water partition coefficient (Wildman–Crippen LogP) is 1.92. The van der Waals surface area contributed by atoms with Crippen LogP contribution in [0.25, 0.3) is 0 Å². The van der Waals surface area contributed by atoms with Gasteiger partial charge < -0.3 is 15.7 Å². The standard InChI is InChI=1S/C10H15BrN2O2S/c1-13(2)7(5-6(12)10(14)15)8-3-4-9(11)16-8/h3-4,6-7H,5,12H2,1-2H3,(H,14,15). The van der Waals surface area contributed by atoms with Crippen molar-refractivity contribution < 1.29 is 9.90 Å². The summed E-state index contributed by atoms with van der Waals surface area (Å²) >= 11 is 5.00. The molecule has 6 heteroatoms. The minimum Gasteiger partial charge on any atom is -0.480 e. The van der Waals surface area contributed by atoms with Crippen molar-refractivity contribution in [3.05, 3.63) is 20.8 Å². The minimum absolute atomic E-state index is 0.0439. The number of hydrogen-bond donors (Lipinski definition) is 2. The summed E-state index contributed by atoms with van der Waals surface area (Å²) in [6.45, 7) is 0. The fourth-order valence-electron chi connectivity index (χ4n) is 1.43. The Morgan fingerprint density at radius 2 is 2.25 bits per heavy atom. The Kier molecular flexibility index (Phi) is 4.91. The molecular weight excluding hydrogens is 292 g/mol. The molecule has 1 rings (SSSR count). The number of nitrogens with zero attached hydrogens (tertiary/aromatic N) is 1. The maximum atomic E-state index is 10.7. The van der Waals surface area contributed by atoms with Crippen molar-refractivity contribution in [1.82, 2.24) is 4.90 Å². The van der Waals surface area contributed by atoms with Gasteiger partial charge in [-0.3, -0.25) is 4.79 Å². The Morgan fingerprint density at radius 3 is 2.62 bits per heavy atom. The lowest BCUT2D eigenvalue weighted by Gasteiger charge is -2.24. The van der Waals surface area contributed by atoms with Crippen LogP contribution >= 0.6 is 27.3 Å². The van der Waals surface area contributed by atoms with Crippen LogP contribution in [0.1, 0.15) is 17.3 Å². The highest BCUT2D eigenvalue weighted by molar-refractivity contribution is 9.11. The topological polar surface area (TPSA) is 66.6 Å². The Hall–Kier alpha value is -0.430. The molecule has 1 aromatic heterocycles. The van der Waals surface area contributed by atoms with Gasteiger partial charge in [0.15, 0.2) is 0 Å². The van der Waals surface area contributed by atoms with E-state index in [1.807, 2.05) is 31.1 Å². The molecule has 4 nitrogen and oxygen atoms in total. The minimum atomic E-state index is -0.956. The van der Waals surface area contributed by atoms with E-state index in [1.165, 1.54) is 0 Å². The summed E-state index contributed by atoms with van der Waals surface area (Å²) in [7, 11) is 3.85. The smallest absolute Gasteiger partial charge is 0.320 e. The van der Waals surface area contributed by atoms with Crippen molar-refractivity contribution in [2.24, 2.45) is 5.73 Å². The van der Waals surface area contributed by atoms with E-state index < -0.39 is 12.0 Å². The monoisotopic (exact) mass is 306 g/mol. The van der Waals surface area contributed by atoms with Gasteiger partial charge in [0.2, 0.25) is 0 Å². The lowest BCUT2D eigenvalue weighted by molar-refractivity contribution is -0.139. The third-order valence-electron chi connectivity index (χ3n) is 2.34. The molecule has 16 heavy (non-hydrogen) atoms. The van der Waals surface area contributed by atoms with Crippen LogP contribution in [0, 0.1) is 0 Å². The van der Waals surface area contributed by atoms with E-state index in [-0.39, 0.29) is 6.04 Å². The van der Waals surface area contributed by atoms with Crippen molar-refractivity contribution >= 4 is 33.2 Å². The van der Waals surface area contributed by atoms with E-state index in [9.17, 15) is 4.79 Å². The van der Waals surface area contributed by atoms with Crippen LogP contribution < -0.4 is 5.73 Å². The zero-order valence-corrected chi connectivity index (χ0v) is 11.6. The normalized spacial score (nSPS) is 15.1. The lowest BCUT2D eigenvalue weighted by Crippen LogP contribution is -2.35. The van der Waals surface area contributed by atoms with Crippen LogP contribution in [-0.2, 0) is 4.79 Å². The molecule has 2 unspecified atom stereocenters. The SMILES string of the molecule is CN(C)C(CC(N)C(=O)O)c1ccc(Br)s1. The molecule has 0 radical (unpaired) electrons. The molecule has 0 aliphatic heterocycles. The average molecular weight is 307 g/mol. The number of halogens is 1. The molecule has 0 aromatic carbocycles. The maximum absolute atomic E-state index is 10.7. The van der Waals surface area contributed by atoms with Gasteiger partial charge >= 0.3 is 5.97 Å². The van der Waals surface area contributed by atoms with Crippen molar-refractivity contribution in [2.75, 3.05) is 14.1 Å². The van der Waals surface area contributed by atoms with Gasteiger partial charge in [-0.05, 0) is 48.6 Å². The number of carboxylic acids is 1. The van der Waals surface area contributed by atoms with Gasteiger partial charge in [-0.2, -0.15) is 0 Å². The molecule has 0 bridgehead atoms.